The molecule has 0 aliphatic carbocycles. The van der Waals surface area contributed by atoms with Crippen LogP contribution in [0, 0.1) is 12.7 Å². The van der Waals surface area contributed by atoms with Crippen molar-refractivity contribution in [3.8, 4) is 5.75 Å². The number of rotatable bonds is 4. The van der Waals surface area contributed by atoms with Crippen molar-refractivity contribution < 1.29 is 40.6 Å². The number of nitrogens with zero attached hydrogens (tertiary/aromatic N) is 2. The molecular formula is C20H17F4N3O5S2. The van der Waals surface area contributed by atoms with Crippen LogP contribution in [0.2, 0.25) is 0 Å². The predicted octanol–water partition coefficient (Wildman–Crippen LogP) is 4.56. The van der Waals surface area contributed by atoms with Crippen LogP contribution in [-0.2, 0) is 14.8 Å². The summed E-state index contributed by atoms with van der Waals surface area (Å²) in [6, 6.07) is 9.46. The van der Waals surface area contributed by atoms with E-state index in [4.69, 9.17) is 14.6 Å². The van der Waals surface area contributed by atoms with Crippen LogP contribution >= 0.6 is 11.3 Å². The highest BCUT2D eigenvalue weighted by Gasteiger charge is 2.38. The van der Waals surface area contributed by atoms with Crippen molar-refractivity contribution in [1.29, 1.82) is 0 Å². The Bertz CT molecular complexity index is 1280. The number of halogens is 4. The number of aromatic nitrogens is 1. The molecule has 0 saturated heterocycles. The van der Waals surface area contributed by atoms with Gasteiger partial charge in [-0.25, -0.2) is 22.6 Å². The number of ether oxygens (including phenoxy) is 1. The Balaban J connectivity index is 0.000000406. The molecule has 1 aromatic heterocycles. The molecule has 14 heteroatoms. The van der Waals surface area contributed by atoms with Gasteiger partial charge < -0.3 is 14.7 Å². The fourth-order valence-electron chi connectivity index (χ4n) is 2.90. The molecule has 34 heavy (non-hydrogen) atoms. The summed E-state index contributed by atoms with van der Waals surface area (Å²) in [7, 11) is -3.79. The molecule has 0 fully saturated rings. The van der Waals surface area contributed by atoms with E-state index >= 15 is 0 Å². The Kier molecular flexibility index (Phi) is 7.31. The lowest BCUT2D eigenvalue weighted by molar-refractivity contribution is -0.192. The number of thiazole rings is 1. The number of hydrogen-bond donors (Lipinski definition) is 2. The lowest BCUT2D eigenvalue weighted by Crippen LogP contribution is -2.29. The number of carbonyl (C=O) groups is 1. The second kappa shape index (κ2) is 9.85. The third-order valence-corrected chi connectivity index (χ3v) is 6.55. The summed E-state index contributed by atoms with van der Waals surface area (Å²) in [5.74, 6) is -2.70. The van der Waals surface area contributed by atoms with Gasteiger partial charge >= 0.3 is 12.1 Å². The lowest BCUT2D eigenvalue weighted by atomic mass is 10.1. The Morgan fingerprint density at radius 2 is 1.91 bits per heavy atom. The Hall–Kier alpha value is -3.39. The molecule has 0 bridgehead atoms. The van der Waals surface area contributed by atoms with Gasteiger partial charge in [0.2, 0.25) is 0 Å². The maximum atomic E-state index is 14.3. The molecule has 0 atom stereocenters. The highest BCUT2D eigenvalue weighted by molar-refractivity contribution is 7.93. The van der Waals surface area contributed by atoms with Gasteiger partial charge in [-0.15, -0.1) is 11.3 Å². The minimum atomic E-state index is -5.08. The zero-order valence-corrected chi connectivity index (χ0v) is 19.0. The molecule has 4 rings (SSSR count). The molecule has 2 heterocycles. The molecule has 1 aliphatic rings. The molecule has 2 N–H and O–H groups in total. The van der Waals surface area contributed by atoms with Crippen molar-refractivity contribution in [3.63, 3.8) is 0 Å². The average Bonchev–Trinajstić information content (AvgIpc) is 3.27. The average molecular weight is 519 g/mol. The zero-order valence-electron chi connectivity index (χ0n) is 17.3. The van der Waals surface area contributed by atoms with Crippen LogP contribution in [0.25, 0.3) is 0 Å². The quantitative estimate of drug-likeness (QED) is 0.487. The second-order valence-electron chi connectivity index (χ2n) is 6.83. The highest BCUT2D eigenvalue weighted by Crippen LogP contribution is 2.39. The Morgan fingerprint density at radius 1 is 1.21 bits per heavy atom. The minimum absolute atomic E-state index is 0.0583. The van der Waals surface area contributed by atoms with Crippen molar-refractivity contribution >= 4 is 43.8 Å². The number of hydrogen-bond acceptors (Lipinski definition) is 7. The first-order valence-electron chi connectivity index (χ1n) is 9.41. The lowest BCUT2D eigenvalue weighted by Gasteiger charge is -2.32. The summed E-state index contributed by atoms with van der Waals surface area (Å²) in [5.41, 5.74) is 2.00. The summed E-state index contributed by atoms with van der Waals surface area (Å²) < 4.78 is 79.3. The van der Waals surface area contributed by atoms with Crippen molar-refractivity contribution in [2.45, 2.75) is 18.0 Å². The number of alkyl halides is 3. The first-order chi connectivity index (χ1) is 15.9. The van der Waals surface area contributed by atoms with E-state index in [1.807, 2.05) is 6.92 Å². The third-order valence-electron chi connectivity index (χ3n) is 4.39. The standard InChI is InChI=1S/C18H16FN3O3S2.C2HF3O2/c1-12-2-4-14(19)16(10-12)22-7-8-25-17-11-13(3-5-15(17)22)27(23,24)21-18-20-6-9-26-18;3-2(4,5)1(6)7/h2-6,9-11H,7-8H2,1H3,(H,20,21);(H,6,7). The van der Waals surface area contributed by atoms with Crippen molar-refractivity contribution in [2.24, 2.45) is 0 Å². The number of carboxylic acids is 1. The summed E-state index contributed by atoms with van der Waals surface area (Å²) in [6.45, 7) is 2.69. The molecule has 1 aliphatic heterocycles. The molecule has 3 aromatic rings. The molecule has 182 valence electrons. The third kappa shape index (κ3) is 5.94. The number of aryl methyl sites for hydroxylation is 1. The van der Waals surface area contributed by atoms with E-state index in [0.29, 0.717) is 30.3 Å². The number of carboxylic acid groups (broad SMARTS) is 1. The van der Waals surface area contributed by atoms with Crippen LogP contribution < -0.4 is 14.4 Å². The number of anilines is 3. The van der Waals surface area contributed by atoms with Crippen molar-refractivity contribution in [3.05, 3.63) is 59.4 Å². The van der Waals surface area contributed by atoms with Gasteiger partial charge in [-0.2, -0.15) is 13.2 Å². The smallest absolute Gasteiger partial charge is 0.489 e. The van der Waals surface area contributed by atoms with Crippen LogP contribution in [0.4, 0.5) is 34.1 Å². The molecule has 0 radical (unpaired) electrons. The molecule has 2 aromatic carbocycles. The monoisotopic (exact) mass is 519 g/mol. The Morgan fingerprint density at radius 3 is 2.53 bits per heavy atom. The summed E-state index contributed by atoms with van der Waals surface area (Å²) in [5, 5.41) is 9.10. The van der Waals surface area contributed by atoms with Crippen molar-refractivity contribution in [1.82, 2.24) is 4.98 Å². The van der Waals surface area contributed by atoms with Gasteiger partial charge in [0.25, 0.3) is 10.0 Å². The van der Waals surface area contributed by atoms with Crippen LogP contribution in [0.5, 0.6) is 5.75 Å². The van der Waals surface area contributed by atoms with E-state index in [0.717, 1.165) is 5.56 Å². The second-order valence-corrected chi connectivity index (χ2v) is 9.41. The number of benzene rings is 2. The summed E-state index contributed by atoms with van der Waals surface area (Å²) in [4.78, 5) is 14.7. The van der Waals surface area contributed by atoms with E-state index in [-0.39, 0.29) is 15.8 Å². The predicted molar refractivity (Wildman–Crippen MR) is 117 cm³/mol. The van der Waals surface area contributed by atoms with Gasteiger partial charge in [-0.05, 0) is 36.8 Å². The molecule has 0 spiro atoms. The van der Waals surface area contributed by atoms with E-state index in [2.05, 4.69) is 9.71 Å². The van der Waals surface area contributed by atoms with E-state index in [1.165, 1.54) is 35.7 Å². The van der Waals surface area contributed by atoms with E-state index in [1.54, 1.807) is 28.5 Å². The number of aliphatic carboxylic acids is 1. The number of nitrogens with one attached hydrogen (secondary N) is 1. The van der Waals surface area contributed by atoms with Gasteiger partial charge in [0, 0.05) is 17.6 Å². The summed E-state index contributed by atoms with van der Waals surface area (Å²) in [6.07, 6.45) is -3.56. The van der Waals surface area contributed by atoms with Crippen LogP contribution in [0.3, 0.4) is 0 Å². The maximum Gasteiger partial charge on any atom is 0.490 e. The van der Waals surface area contributed by atoms with Gasteiger partial charge in [0.1, 0.15) is 18.2 Å². The first-order valence-corrected chi connectivity index (χ1v) is 11.8. The van der Waals surface area contributed by atoms with Gasteiger partial charge in [0.05, 0.1) is 22.8 Å². The zero-order chi connectivity index (χ0) is 25.1. The normalized spacial score (nSPS) is 13.3. The Labute approximate surface area is 195 Å². The van der Waals surface area contributed by atoms with Crippen molar-refractivity contribution in [2.75, 3.05) is 22.8 Å². The molecule has 0 unspecified atom stereocenters. The fourth-order valence-corrected chi connectivity index (χ4v) is 4.70. The number of sulfonamides is 1. The summed E-state index contributed by atoms with van der Waals surface area (Å²) >= 11 is 1.19. The maximum absolute atomic E-state index is 14.3. The molecule has 0 amide bonds. The van der Waals surface area contributed by atoms with E-state index < -0.39 is 22.2 Å². The van der Waals surface area contributed by atoms with Gasteiger partial charge in [-0.1, -0.05) is 6.07 Å². The van der Waals surface area contributed by atoms with E-state index in [9.17, 15) is 26.0 Å². The van der Waals surface area contributed by atoms with Crippen LogP contribution in [0.15, 0.2) is 52.9 Å². The van der Waals surface area contributed by atoms with Crippen LogP contribution in [-0.4, -0.2) is 43.8 Å². The molecular weight excluding hydrogens is 502 g/mol. The first kappa shape index (κ1) is 25.2. The topological polar surface area (TPSA) is 109 Å². The SMILES string of the molecule is Cc1ccc(F)c(N2CCOc3cc(S(=O)(=O)Nc4nccs4)ccc32)c1.O=C(O)C(F)(F)F. The highest BCUT2D eigenvalue weighted by atomic mass is 32.2. The largest absolute Gasteiger partial charge is 0.490 e. The molecule has 0 saturated carbocycles. The van der Waals surface area contributed by atoms with Crippen LogP contribution in [0.1, 0.15) is 5.56 Å². The number of fused-ring (bicyclic) bond motifs is 1. The minimum Gasteiger partial charge on any atom is -0.489 e. The fraction of sp³-hybridized carbons (Fsp3) is 0.200. The van der Waals surface area contributed by atoms with Gasteiger partial charge in [-0.3, -0.25) is 4.72 Å². The molecule has 8 nitrogen and oxygen atoms in total. The van der Waals surface area contributed by atoms with Gasteiger partial charge in [0.15, 0.2) is 5.13 Å².